The molecule has 1 aliphatic carbocycles. The van der Waals surface area contributed by atoms with Gasteiger partial charge in [-0.25, -0.2) is 8.42 Å². The Morgan fingerprint density at radius 3 is 2.68 bits per heavy atom. The number of sulfone groups is 1. The molecule has 0 saturated heterocycles. The first kappa shape index (κ1) is 21.5. The Morgan fingerprint density at radius 1 is 1.23 bits per heavy atom. The van der Waals surface area contributed by atoms with Crippen molar-refractivity contribution in [2.45, 2.75) is 36.5 Å². The maximum atomic E-state index is 12.6. The molecule has 2 aromatic carbocycles. The van der Waals surface area contributed by atoms with Crippen molar-refractivity contribution in [2.75, 3.05) is 11.6 Å². The maximum Gasteiger partial charge on any atom is 0.258 e. The molecule has 3 aromatic rings. The number of hydrogen-bond acceptors (Lipinski definition) is 5. The fraction of sp³-hybridized carbons (Fsp3) is 0.273. The second-order valence-corrected chi connectivity index (χ2v) is 10.0. The molecule has 1 aliphatic rings. The first-order valence-corrected chi connectivity index (χ1v) is 12.1. The summed E-state index contributed by atoms with van der Waals surface area (Å²) >= 11 is 6.00. The van der Waals surface area contributed by atoms with Crippen LogP contribution in [-0.2, 0) is 21.2 Å². The highest BCUT2D eigenvalue weighted by Crippen LogP contribution is 2.35. The summed E-state index contributed by atoms with van der Waals surface area (Å²) in [7, 11) is -3.45. The van der Waals surface area contributed by atoms with E-state index in [4.69, 9.17) is 16.3 Å². The van der Waals surface area contributed by atoms with Crippen LogP contribution < -0.4 is 5.32 Å². The average molecular weight is 460 g/mol. The molecule has 1 fully saturated rings. The minimum atomic E-state index is -3.45. The number of rotatable bonds is 7. The Bertz CT molecular complexity index is 1190. The number of ether oxygens (including phenoxy) is 1. The van der Waals surface area contributed by atoms with Gasteiger partial charge in [0.2, 0.25) is 0 Å². The van der Waals surface area contributed by atoms with E-state index in [-0.39, 0.29) is 22.1 Å². The van der Waals surface area contributed by atoms with Gasteiger partial charge >= 0.3 is 0 Å². The van der Waals surface area contributed by atoms with Crippen molar-refractivity contribution < 1.29 is 17.9 Å². The van der Waals surface area contributed by atoms with Crippen LogP contribution in [0.1, 0.15) is 34.8 Å². The van der Waals surface area contributed by atoms with Crippen molar-refractivity contribution in [3.05, 3.63) is 77.1 Å². The lowest BCUT2D eigenvalue weighted by molar-refractivity contribution is -0.0530. The zero-order valence-corrected chi connectivity index (χ0v) is 18.4. The Labute approximate surface area is 185 Å². The van der Waals surface area contributed by atoms with E-state index in [0.29, 0.717) is 17.9 Å². The smallest absolute Gasteiger partial charge is 0.258 e. The average Bonchev–Trinajstić information content (AvgIpc) is 3.16. The Balaban J connectivity index is 1.41. The largest absolute Gasteiger partial charge is 0.371 e. The van der Waals surface area contributed by atoms with E-state index in [1.54, 1.807) is 10.9 Å². The summed E-state index contributed by atoms with van der Waals surface area (Å²) in [5.41, 5.74) is 1.79. The number of anilines is 1. The van der Waals surface area contributed by atoms with Gasteiger partial charge in [-0.05, 0) is 36.6 Å². The van der Waals surface area contributed by atoms with Crippen LogP contribution in [-0.4, -0.2) is 36.5 Å². The number of carbonyl (C=O) groups excluding carboxylic acids is 1. The van der Waals surface area contributed by atoms with Gasteiger partial charge in [0.05, 0.1) is 35.4 Å². The van der Waals surface area contributed by atoms with E-state index in [9.17, 15) is 13.2 Å². The van der Waals surface area contributed by atoms with Crippen molar-refractivity contribution in [3.63, 3.8) is 0 Å². The third kappa shape index (κ3) is 5.15. The molecule has 0 spiro atoms. The van der Waals surface area contributed by atoms with E-state index in [1.807, 2.05) is 30.3 Å². The number of nitrogens with one attached hydrogen (secondary N) is 1. The van der Waals surface area contributed by atoms with Crippen molar-refractivity contribution in [1.82, 2.24) is 9.78 Å². The van der Waals surface area contributed by atoms with Crippen LogP contribution in [0.15, 0.2) is 65.8 Å². The van der Waals surface area contributed by atoms with Gasteiger partial charge in [0, 0.05) is 23.2 Å². The molecule has 1 aromatic heterocycles. The van der Waals surface area contributed by atoms with Crippen molar-refractivity contribution in [2.24, 2.45) is 0 Å². The molecule has 2 atom stereocenters. The SMILES string of the molecule is CS(=O)(=O)c1cc(Cl)cc(NC(=O)c2cnn(C3CCC3OCc3ccccc3)c2)c1. The third-order valence-electron chi connectivity index (χ3n) is 5.24. The molecule has 1 heterocycles. The highest BCUT2D eigenvalue weighted by Gasteiger charge is 2.34. The van der Waals surface area contributed by atoms with Crippen LogP contribution in [0, 0.1) is 0 Å². The maximum absolute atomic E-state index is 12.6. The molecular formula is C22H22ClN3O4S. The van der Waals surface area contributed by atoms with Gasteiger partial charge in [-0.15, -0.1) is 0 Å². The van der Waals surface area contributed by atoms with Crippen LogP contribution in [0.5, 0.6) is 0 Å². The Hall–Kier alpha value is -2.68. The van der Waals surface area contributed by atoms with Crippen LogP contribution >= 0.6 is 11.6 Å². The summed E-state index contributed by atoms with van der Waals surface area (Å²) in [6, 6.07) is 14.3. The molecule has 2 unspecified atom stereocenters. The van der Waals surface area contributed by atoms with Gasteiger partial charge in [0.1, 0.15) is 0 Å². The van der Waals surface area contributed by atoms with Crippen LogP contribution in [0.3, 0.4) is 0 Å². The first-order chi connectivity index (χ1) is 14.8. The summed E-state index contributed by atoms with van der Waals surface area (Å²) in [5, 5.41) is 7.24. The van der Waals surface area contributed by atoms with E-state index in [0.717, 1.165) is 24.7 Å². The second-order valence-electron chi connectivity index (χ2n) is 7.59. The van der Waals surface area contributed by atoms with Crippen LogP contribution in [0.4, 0.5) is 5.69 Å². The normalized spacial score (nSPS) is 18.4. The minimum Gasteiger partial charge on any atom is -0.371 e. The summed E-state index contributed by atoms with van der Waals surface area (Å²) in [6.07, 6.45) is 6.16. The molecule has 7 nitrogen and oxygen atoms in total. The quantitative estimate of drug-likeness (QED) is 0.574. The Kier molecular flexibility index (Phi) is 6.13. The first-order valence-electron chi connectivity index (χ1n) is 9.81. The lowest BCUT2D eigenvalue weighted by atomic mass is 9.89. The number of amides is 1. The number of nitrogens with zero attached hydrogens (tertiary/aromatic N) is 2. The van der Waals surface area contributed by atoms with Gasteiger partial charge < -0.3 is 10.1 Å². The van der Waals surface area contributed by atoms with E-state index >= 15 is 0 Å². The topological polar surface area (TPSA) is 90.3 Å². The zero-order valence-electron chi connectivity index (χ0n) is 16.9. The van der Waals surface area contributed by atoms with Crippen molar-refractivity contribution in [3.8, 4) is 0 Å². The highest BCUT2D eigenvalue weighted by molar-refractivity contribution is 7.90. The van der Waals surface area contributed by atoms with Crippen molar-refractivity contribution >= 4 is 33.0 Å². The van der Waals surface area contributed by atoms with Gasteiger partial charge in [-0.3, -0.25) is 9.48 Å². The van der Waals surface area contributed by atoms with Gasteiger partial charge in [0.25, 0.3) is 5.91 Å². The summed E-state index contributed by atoms with van der Waals surface area (Å²) in [6.45, 7) is 0.536. The minimum absolute atomic E-state index is 0.0406. The molecule has 0 radical (unpaired) electrons. The van der Waals surface area contributed by atoms with E-state index < -0.39 is 15.7 Å². The zero-order chi connectivity index (χ0) is 22.0. The predicted octanol–water partition coefficient (Wildman–Crippen LogP) is 4.11. The Morgan fingerprint density at radius 2 is 2.00 bits per heavy atom. The molecular weight excluding hydrogens is 438 g/mol. The molecule has 1 amide bonds. The van der Waals surface area contributed by atoms with Crippen LogP contribution in [0.2, 0.25) is 5.02 Å². The molecule has 9 heteroatoms. The lowest BCUT2D eigenvalue weighted by Gasteiger charge is -2.36. The van der Waals surface area contributed by atoms with Gasteiger partial charge in [0.15, 0.2) is 9.84 Å². The standard InChI is InChI=1S/C22H22ClN3O4S/c1-31(28,29)19-10-17(23)9-18(11-19)25-22(27)16-12-24-26(13-16)20-7-8-21(20)30-14-15-5-3-2-4-6-15/h2-6,9-13,20-21H,7-8,14H2,1H3,(H,25,27). The number of halogens is 1. The molecule has 31 heavy (non-hydrogen) atoms. The summed E-state index contributed by atoms with van der Waals surface area (Å²) in [5.74, 6) is -0.394. The number of benzene rings is 2. The third-order valence-corrected chi connectivity index (χ3v) is 6.55. The van der Waals surface area contributed by atoms with Gasteiger partial charge in [-0.1, -0.05) is 41.9 Å². The molecule has 162 valence electrons. The van der Waals surface area contributed by atoms with Crippen molar-refractivity contribution in [1.29, 1.82) is 0 Å². The number of aromatic nitrogens is 2. The molecule has 4 rings (SSSR count). The number of carbonyl (C=O) groups is 1. The van der Waals surface area contributed by atoms with Gasteiger partial charge in [-0.2, -0.15) is 5.10 Å². The molecule has 1 N–H and O–H groups in total. The lowest BCUT2D eigenvalue weighted by Crippen LogP contribution is -2.36. The van der Waals surface area contributed by atoms with E-state index in [2.05, 4.69) is 10.4 Å². The second kappa shape index (κ2) is 8.82. The summed E-state index contributed by atoms with van der Waals surface area (Å²) < 4.78 is 31.4. The van der Waals surface area contributed by atoms with E-state index in [1.165, 1.54) is 24.4 Å². The fourth-order valence-electron chi connectivity index (χ4n) is 3.42. The van der Waals surface area contributed by atoms with Crippen LogP contribution in [0.25, 0.3) is 0 Å². The monoisotopic (exact) mass is 459 g/mol. The predicted molar refractivity (Wildman–Crippen MR) is 118 cm³/mol. The highest BCUT2D eigenvalue weighted by atomic mass is 35.5. The number of hydrogen-bond donors (Lipinski definition) is 1. The summed E-state index contributed by atoms with van der Waals surface area (Å²) in [4.78, 5) is 12.7. The molecule has 0 aliphatic heterocycles. The molecule has 1 saturated carbocycles. The fourth-order valence-corrected chi connectivity index (χ4v) is 4.40. The molecule has 0 bridgehead atoms.